The lowest BCUT2D eigenvalue weighted by Gasteiger charge is -2.19. The van der Waals surface area contributed by atoms with E-state index in [9.17, 15) is 9.18 Å². The smallest absolute Gasteiger partial charge is 0.252 e. The Morgan fingerprint density at radius 1 is 1.29 bits per heavy atom. The second-order valence-electron chi connectivity index (χ2n) is 7.74. The SMILES string of the molecule is COc1ccc2cc(Nc3nc(N[C@@H](CN)CC4CC4)c(F)cc3C(N)=O)cnc2c1. The van der Waals surface area contributed by atoms with Gasteiger partial charge in [0.1, 0.15) is 11.6 Å². The van der Waals surface area contributed by atoms with Gasteiger partial charge in [0.25, 0.3) is 5.91 Å². The number of fused-ring (bicyclic) bond motifs is 1. The highest BCUT2D eigenvalue weighted by atomic mass is 19.1. The number of rotatable bonds is 9. The number of halogens is 1. The summed E-state index contributed by atoms with van der Waals surface area (Å²) in [7, 11) is 1.59. The molecule has 2 aromatic heterocycles. The molecule has 1 atom stereocenters. The molecule has 6 N–H and O–H groups in total. The van der Waals surface area contributed by atoms with E-state index in [-0.39, 0.29) is 23.2 Å². The third kappa shape index (κ3) is 4.83. The Balaban J connectivity index is 1.63. The molecule has 1 fully saturated rings. The third-order valence-electron chi connectivity index (χ3n) is 5.34. The highest BCUT2D eigenvalue weighted by molar-refractivity contribution is 5.99. The van der Waals surface area contributed by atoms with Crippen LogP contribution in [-0.2, 0) is 0 Å². The average Bonchev–Trinajstić information content (AvgIpc) is 3.58. The van der Waals surface area contributed by atoms with E-state index >= 15 is 0 Å². The molecule has 8 nitrogen and oxygen atoms in total. The molecule has 1 aliphatic carbocycles. The zero-order valence-electron chi connectivity index (χ0n) is 17.2. The van der Waals surface area contributed by atoms with Crippen LogP contribution in [0.15, 0.2) is 36.5 Å². The first-order valence-corrected chi connectivity index (χ1v) is 10.1. The minimum absolute atomic E-state index is 0.0297. The van der Waals surface area contributed by atoms with Crippen molar-refractivity contribution in [3.8, 4) is 5.75 Å². The van der Waals surface area contributed by atoms with Crippen molar-refractivity contribution in [1.82, 2.24) is 9.97 Å². The minimum Gasteiger partial charge on any atom is -0.497 e. The maximum atomic E-state index is 14.6. The summed E-state index contributed by atoms with van der Waals surface area (Å²) in [5, 5.41) is 6.97. The summed E-state index contributed by atoms with van der Waals surface area (Å²) in [5.41, 5.74) is 12.6. The van der Waals surface area contributed by atoms with Gasteiger partial charge in [0.15, 0.2) is 11.6 Å². The third-order valence-corrected chi connectivity index (χ3v) is 5.34. The van der Waals surface area contributed by atoms with Crippen molar-refractivity contribution in [3.05, 3.63) is 47.9 Å². The molecule has 9 heteroatoms. The lowest BCUT2D eigenvalue weighted by molar-refractivity contribution is 0.100. The number of carbonyl (C=O) groups is 1. The van der Waals surface area contributed by atoms with E-state index in [1.165, 1.54) is 12.8 Å². The molecule has 2 heterocycles. The van der Waals surface area contributed by atoms with Gasteiger partial charge in [-0.25, -0.2) is 9.37 Å². The number of aromatic nitrogens is 2. The summed E-state index contributed by atoms with van der Waals surface area (Å²) in [6.07, 6.45) is 4.79. The number of nitrogens with two attached hydrogens (primary N) is 2. The zero-order valence-corrected chi connectivity index (χ0v) is 17.2. The Bertz CT molecular complexity index is 1120. The molecule has 0 radical (unpaired) electrons. The topological polar surface area (TPSA) is 128 Å². The summed E-state index contributed by atoms with van der Waals surface area (Å²) < 4.78 is 19.8. The van der Waals surface area contributed by atoms with Gasteiger partial charge < -0.3 is 26.8 Å². The number of nitrogens with one attached hydrogen (secondary N) is 2. The zero-order chi connectivity index (χ0) is 22.0. The fraction of sp³-hybridized carbons (Fsp3) is 0.318. The minimum atomic E-state index is -0.785. The number of benzene rings is 1. The van der Waals surface area contributed by atoms with Crippen molar-refractivity contribution in [2.24, 2.45) is 17.4 Å². The Hall–Kier alpha value is -3.46. The van der Waals surface area contributed by atoms with Crippen LogP contribution in [0.1, 0.15) is 29.6 Å². The fourth-order valence-corrected chi connectivity index (χ4v) is 3.47. The van der Waals surface area contributed by atoms with Gasteiger partial charge in [-0.2, -0.15) is 0 Å². The van der Waals surface area contributed by atoms with E-state index in [0.717, 1.165) is 23.4 Å². The van der Waals surface area contributed by atoms with Gasteiger partial charge in [0.2, 0.25) is 0 Å². The molecular weight excluding hydrogens is 399 g/mol. The number of methoxy groups -OCH3 is 1. The second-order valence-corrected chi connectivity index (χ2v) is 7.74. The number of carbonyl (C=O) groups excluding carboxylic acids is 1. The number of primary amides is 1. The van der Waals surface area contributed by atoms with Crippen LogP contribution in [0.2, 0.25) is 0 Å². The molecule has 0 bridgehead atoms. The van der Waals surface area contributed by atoms with Crippen molar-refractivity contribution in [2.45, 2.75) is 25.3 Å². The molecule has 0 aliphatic heterocycles. The number of pyridine rings is 2. The molecule has 0 unspecified atom stereocenters. The van der Waals surface area contributed by atoms with Crippen molar-refractivity contribution in [3.63, 3.8) is 0 Å². The summed E-state index contributed by atoms with van der Waals surface area (Å²) >= 11 is 0. The van der Waals surface area contributed by atoms with Crippen molar-refractivity contribution in [1.29, 1.82) is 0 Å². The fourth-order valence-electron chi connectivity index (χ4n) is 3.47. The van der Waals surface area contributed by atoms with Crippen LogP contribution >= 0.6 is 0 Å². The van der Waals surface area contributed by atoms with E-state index in [0.29, 0.717) is 23.9 Å². The maximum Gasteiger partial charge on any atom is 0.252 e. The summed E-state index contributed by atoms with van der Waals surface area (Å²) in [5.74, 6) is 0.0575. The number of amides is 1. The summed E-state index contributed by atoms with van der Waals surface area (Å²) in [6.45, 7) is 0.357. The molecule has 0 spiro atoms. The quantitative estimate of drug-likeness (QED) is 0.415. The number of nitrogens with zero attached hydrogens (tertiary/aromatic N) is 2. The van der Waals surface area contributed by atoms with Crippen molar-refractivity contribution >= 4 is 34.1 Å². The maximum absolute atomic E-state index is 14.6. The van der Waals surface area contributed by atoms with Gasteiger partial charge in [-0.05, 0) is 36.6 Å². The van der Waals surface area contributed by atoms with E-state index in [2.05, 4.69) is 20.6 Å². The number of hydrogen-bond acceptors (Lipinski definition) is 7. The lowest BCUT2D eigenvalue weighted by atomic mass is 10.1. The molecule has 1 saturated carbocycles. The molecule has 162 valence electrons. The number of anilines is 3. The van der Waals surface area contributed by atoms with Gasteiger partial charge in [-0.1, -0.05) is 12.8 Å². The normalized spacial score (nSPS) is 14.3. The van der Waals surface area contributed by atoms with E-state index in [4.69, 9.17) is 16.2 Å². The van der Waals surface area contributed by atoms with Crippen LogP contribution in [0.25, 0.3) is 10.9 Å². The standard InChI is InChI=1S/C22H25FN6O2/c1-31-16-5-4-13-7-15(11-26-19(13)8-16)28-21-17(20(25)30)9-18(23)22(29-21)27-14(10-24)6-12-2-3-12/h4-5,7-9,11-12,14H,2-3,6,10,24H2,1H3,(H2,25,30)(H2,27,28,29)/t14-/m1/s1. The average molecular weight is 424 g/mol. The molecular formula is C22H25FN6O2. The second kappa shape index (κ2) is 8.73. The van der Waals surface area contributed by atoms with Gasteiger partial charge >= 0.3 is 0 Å². The predicted octanol–water partition coefficient (Wildman–Crippen LogP) is 3.16. The molecule has 31 heavy (non-hydrogen) atoms. The van der Waals surface area contributed by atoms with E-state index in [1.807, 2.05) is 24.3 Å². The number of ether oxygens (including phenoxy) is 1. The van der Waals surface area contributed by atoms with E-state index < -0.39 is 11.7 Å². The van der Waals surface area contributed by atoms with Crippen LogP contribution in [0.5, 0.6) is 5.75 Å². The van der Waals surface area contributed by atoms with Crippen LogP contribution in [-0.4, -0.2) is 35.6 Å². The molecule has 1 amide bonds. The van der Waals surface area contributed by atoms with Crippen molar-refractivity contribution in [2.75, 3.05) is 24.3 Å². The van der Waals surface area contributed by atoms with Gasteiger partial charge in [0.05, 0.1) is 30.1 Å². The number of hydrogen-bond donors (Lipinski definition) is 4. The van der Waals surface area contributed by atoms with Crippen LogP contribution in [0.4, 0.5) is 21.7 Å². The summed E-state index contributed by atoms with van der Waals surface area (Å²) in [6, 6.07) is 8.35. The first-order chi connectivity index (χ1) is 15.0. The van der Waals surface area contributed by atoms with Gasteiger partial charge in [-0.15, -0.1) is 0 Å². The van der Waals surface area contributed by atoms with Gasteiger partial charge in [0, 0.05) is 24.0 Å². The monoisotopic (exact) mass is 424 g/mol. The first kappa shape index (κ1) is 20.8. The van der Waals surface area contributed by atoms with E-state index in [1.54, 1.807) is 13.3 Å². The van der Waals surface area contributed by atoms with Crippen molar-refractivity contribution < 1.29 is 13.9 Å². The predicted molar refractivity (Wildman–Crippen MR) is 118 cm³/mol. The molecule has 4 rings (SSSR count). The highest BCUT2D eigenvalue weighted by Crippen LogP contribution is 2.34. The van der Waals surface area contributed by atoms with Crippen LogP contribution in [0, 0.1) is 11.7 Å². The Labute approximate surface area is 179 Å². The lowest BCUT2D eigenvalue weighted by Crippen LogP contribution is -2.30. The van der Waals surface area contributed by atoms with Crippen LogP contribution in [0.3, 0.4) is 0 Å². The summed E-state index contributed by atoms with van der Waals surface area (Å²) in [4.78, 5) is 20.6. The first-order valence-electron chi connectivity index (χ1n) is 10.1. The molecule has 1 aliphatic rings. The Kier molecular flexibility index (Phi) is 5.85. The molecule has 3 aromatic rings. The van der Waals surface area contributed by atoms with Gasteiger partial charge in [-0.3, -0.25) is 9.78 Å². The largest absolute Gasteiger partial charge is 0.497 e. The molecule has 0 saturated heterocycles. The van der Waals surface area contributed by atoms with Crippen LogP contribution < -0.4 is 26.8 Å². The Morgan fingerprint density at radius 2 is 2.10 bits per heavy atom. The molecule has 1 aromatic carbocycles. The highest BCUT2D eigenvalue weighted by Gasteiger charge is 2.26. The Morgan fingerprint density at radius 3 is 2.77 bits per heavy atom.